The third-order valence-electron chi connectivity index (χ3n) is 4.49. The molecule has 0 aliphatic heterocycles. The van der Waals surface area contributed by atoms with Gasteiger partial charge in [-0.1, -0.05) is 54.6 Å². The smallest absolute Gasteiger partial charge is 0.143 e. The predicted molar refractivity (Wildman–Crippen MR) is 96.5 cm³/mol. The molecular formula is C21H17FN2O. The van der Waals surface area contributed by atoms with E-state index in [-0.39, 0.29) is 0 Å². The SMILES string of the molecule is OC(CF)(c1ccccc1)c1ccc2c(cnn2-c2ccccc2)c1. The van der Waals surface area contributed by atoms with E-state index >= 15 is 0 Å². The van der Waals surface area contributed by atoms with Gasteiger partial charge in [0.15, 0.2) is 0 Å². The van der Waals surface area contributed by atoms with Crippen LogP contribution in [0, 0.1) is 0 Å². The minimum absolute atomic E-state index is 0.515. The van der Waals surface area contributed by atoms with Gasteiger partial charge in [-0.25, -0.2) is 9.07 Å². The molecule has 0 saturated heterocycles. The monoisotopic (exact) mass is 332 g/mol. The summed E-state index contributed by atoms with van der Waals surface area (Å²) in [6.45, 7) is -0.894. The van der Waals surface area contributed by atoms with Gasteiger partial charge in [0.05, 0.1) is 17.4 Å². The lowest BCUT2D eigenvalue weighted by Crippen LogP contribution is -2.29. The van der Waals surface area contributed by atoms with E-state index in [2.05, 4.69) is 5.10 Å². The number of alkyl halides is 1. The highest BCUT2D eigenvalue weighted by atomic mass is 19.1. The Morgan fingerprint density at radius 1 is 0.880 bits per heavy atom. The number of fused-ring (bicyclic) bond motifs is 1. The number of nitrogens with zero attached hydrogens (tertiary/aromatic N) is 2. The number of rotatable bonds is 4. The summed E-state index contributed by atoms with van der Waals surface area (Å²) >= 11 is 0. The Bertz CT molecular complexity index is 998. The zero-order chi connectivity index (χ0) is 17.3. The Morgan fingerprint density at radius 2 is 1.56 bits per heavy atom. The summed E-state index contributed by atoms with van der Waals surface area (Å²) in [6.07, 6.45) is 1.73. The summed E-state index contributed by atoms with van der Waals surface area (Å²) in [5, 5.41) is 16.2. The summed E-state index contributed by atoms with van der Waals surface area (Å²) in [6, 6.07) is 24.1. The number of aromatic nitrogens is 2. The summed E-state index contributed by atoms with van der Waals surface area (Å²) in [5.41, 5.74) is 1.25. The summed E-state index contributed by atoms with van der Waals surface area (Å²) < 4.78 is 15.6. The molecule has 4 aromatic rings. The van der Waals surface area contributed by atoms with E-state index in [1.807, 2.05) is 47.1 Å². The fraction of sp³-hybridized carbons (Fsp3) is 0.0952. The number of hydrogen-bond acceptors (Lipinski definition) is 2. The van der Waals surface area contributed by atoms with Crippen molar-refractivity contribution in [3.05, 3.63) is 96.2 Å². The van der Waals surface area contributed by atoms with Gasteiger partial charge in [-0.3, -0.25) is 0 Å². The highest BCUT2D eigenvalue weighted by Gasteiger charge is 2.32. The van der Waals surface area contributed by atoms with Gasteiger partial charge in [0.25, 0.3) is 0 Å². The van der Waals surface area contributed by atoms with Crippen molar-refractivity contribution in [1.29, 1.82) is 0 Å². The molecule has 1 atom stereocenters. The van der Waals surface area contributed by atoms with Crippen LogP contribution >= 0.6 is 0 Å². The van der Waals surface area contributed by atoms with Crippen LogP contribution in [-0.4, -0.2) is 21.6 Å². The van der Waals surface area contributed by atoms with Crippen LogP contribution in [0.25, 0.3) is 16.6 Å². The topological polar surface area (TPSA) is 38.1 Å². The maximum Gasteiger partial charge on any atom is 0.143 e. The Labute approximate surface area is 145 Å². The van der Waals surface area contributed by atoms with E-state index < -0.39 is 12.3 Å². The van der Waals surface area contributed by atoms with Gasteiger partial charge in [-0.15, -0.1) is 0 Å². The first-order valence-electron chi connectivity index (χ1n) is 8.10. The maximum atomic E-state index is 13.8. The van der Waals surface area contributed by atoms with Crippen molar-refractivity contribution in [2.75, 3.05) is 6.67 Å². The van der Waals surface area contributed by atoms with Crippen molar-refractivity contribution in [3.8, 4) is 5.69 Å². The Balaban J connectivity index is 1.82. The van der Waals surface area contributed by atoms with Crippen LogP contribution in [0.15, 0.2) is 85.1 Å². The fourth-order valence-corrected chi connectivity index (χ4v) is 3.10. The van der Waals surface area contributed by atoms with E-state index in [0.717, 1.165) is 16.6 Å². The summed E-state index contributed by atoms with van der Waals surface area (Å²) in [7, 11) is 0. The van der Waals surface area contributed by atoms with E-state index in [4.69, 9.17) is 0 Å². The Hall–Kier alpha value is -2.98. The minimum atomic E-state index is -1.66. The number of para-hydroxylation sites is 1. The van der Waals surface area contributed by atoms with Gasteiger partial charge in [0.1, 0.15) is 12.3 Å². The molecule has 3 nitrogen and oxygen atoms in total. The summed E-state index contributed by atoms with van der Waals surface area (Å²) in [4.78, 5) is 0. The molecule has 4 rings (SSSR count). The van der Waals surface area contributed by atoms with Crippen LogP contribution in [-0.2, 0) is 5.60 Å². The third kappa shape index (κ3) is 2.61. The number of hydrogen-bond donors (Lipinski definition) is 1. The van der Waals surface area contributed by atoms with Gasteiger partial charge in [-0.2, -0.15) is 5.10 Å². The lowest BCUT2D eigenvalue weighted by Gasteiger charge is -2.26. The quantitative estimate of drug-likeness (QED) is 0.607. The zero-order valence-electron chi connectivity index (χ0n) is 13.5. The molecule has 124 valence electrons. The normalized spacial score (nSPS) is 13.7. The van der Waals surface area contributed by atoms with Crippen LogP contribution in [0.2, 0.25) is 0 Å². The zero-order valence-corrected chi connectivity index (χ0v) is 13.5. The van der Waals surface area contributed by atoms with Crippen LogP contribution in [0.5, 0.6) is 0 Å². The van der Waals surface area contributed by atoms with Gasteiger partial charge in [-0.05, 0) is 35.4 Å². The predicted octanol–water partition coefficient (Wildman–Crippen LogP) is 4.23. The maximum absolute atomic E-state index is 13.8. The second-order valence-corrected chi connectivity index (χ2v) is 6.03. The molecule has 4 heteroatoms. The Morgan fingerprint density at radius 3 is 2.24 bits per heavy atom. The first-order valence-corrected chi connectivity index (χ1v) is 8.10. The summed E-state index contributed by atoms with van der Waals surface area (Å²) in [5.74, 6) is 0. The highest BCUT2D eigenvalue weighted by molar-refractivity contribution is 5.81. The van der Waals surface area contributed by atoms with Crippen LogP contribution in [0.3, 0.4) is 0 Å². The Kier molecular flexibility index (Phi) is 3.82. The second kappa shape index (κ2) is 6.15. The largest absolute Gasteiger partial charge is 0.378 e. The molecule has 0 radical (unpaired) electrons. The van der Waals surface area contributed by atoms with Gasteiger partial charge in [0.2, 0.25) is 0 Å². The molecule has 0 bridgehead atoms. The molecule has 0 amide bonds. The van der Waals surface area contributed by atoms with Crippen molar-refractivity contribution < 1.29 is 9.50 Å². The molecule has 3 aromatic carbocycles. The number of aliphatic hydroxyl groups is 1. The molecule has 0 aliphatic rings. The molecular weight excluding hydrogens is 315 g/mol. The van der Waals surface area contributed by atoms with Gasteiger partial charge < -0.3 is 5.11 Å². The molecule has 1 unspecified atom stereocenters. The number of halogens is 1. The van der Waals surface area contributed by atoms with Crippen molar-refractivity contribution in [3.63, 3.8) is 0 Å². The van der Waals surface area contributed by atoms with Crippen LogP contribution in [0.1, 0.15) is 11.1 Å². The lowest BCUT2D eigenvalue weighted by atomic mass is 9.87. The molecule has 1 heterocycles. The second-order valence-electron chi connectivity index (χ2n) is 6.03. The first kappa shape index (κ1) is 15.5. The fourth-order valence-electron chi connectivity index (χ4n) is 3.10. The number of benzene rings is 3. The molecule has 0 saturated carbocycles. The van der Waals surface area contributed by atoms with E-state index in [1.165, 1.54) is 0 Å². The van der Waals surface area contributed by atoms with Crippen molar-refractivity contribution >= 4 is 10.9 Å². The average molecular weight is 332 g/mol. The van der Waals surface area contributed by atoms with E-state index in [9.17, 15) is 9.50 Å². The van der Waals surface area contributed by atoms with Crippen molar-refractivity contribution in [1.82, 2.24) is 9.78 Å². The van der Waals surface area contributed by atoms with Crippen molar-refractivity contribution in [2.24, 2.45) is 0 Å². The lowest BCUT2D eigenvalue weighted by molar-refractivity contribution is 0.0519. The molecule has 1 N–H and O–H groups in total. The highest BCUT2D eigenvalue weighted by Crippen LogP contribution is 2.32. The first-order chi connectivity index (χ1) is 12.2. The van der Waals surface area contributed by atoms with Gasteiger partial charge >= 0.3 is 0 Å². The molecule has 1 aromatic heterocycles. The van der Waals surface area contributed by atoms with Crippen LogP contribution < -0.4 is 0 Å². The van der Waals surface area contributed by atoms with E-state index in [0.29, 0.717) is 11.1 Å². The van der Waals surface area contributed by atoms with E-state index in [1.54, 1.807) is 42.6 Å². The van der Waals surface area contributed by atoms with Crippen LogP contribution in [0.4, 0.5) is 4.39 Å². The average Bonchev–Trinajstić information content (AvgIpc) is 3.12. The standard InChI is InChI=1S/C21H17FN2O/c22-15-21(25,17-7-3-1-4-8-17)18-11-12-20-16(13-18)14-23-24(20)19-9-5-2-6-10-19/h1-14,25H,15H2. The molecule has 0 fully saturated rings. The molecule has 0 aliphatic carbocycles. The third-order valence-corrected chi connectivity index (χ3v) is 4.49. The molecule has 25 heavy (non-hydrogen) atoms. The van der Waals surface area contributed by atoms with Gasteiger partial charge in [0, 0.05) is 5.39 Å². The molecule has 0 spiro atoms. The van der Waals surface area contributed by atoms with Crippen molar-refractivity contribution in [2.45, 2.75) is 5.60 Å². The minimum Gasteiger partial charge on any atom is -0.378 e.